The fourth-order valence-corrected chi connectivity index (χ4v) is 21.5. The quantitative estimate of drug-likeness (QED) is 0.0193. The Balaban J connectivity index is 0.938. The summed E-state index contributed by atoms with van der Waals surface area (Å²) in [7, 11) is 3.56. The first kappa shape index (κ1) is 89.1. The second kappa shape index (κ2) is 39.7. The van der Waals surface area contributed by atoms with Crippen LogP contribution in [-0.2, 0) is 50.0 Å². The number of benzene rings is 12. The molecule has 11 heteroatoms. The molecule has 0 spiro atoms. The summed E-state index contributed by atoms with van der Waals surface area (Å²) in [5.41, 5.74) is 37.4. The van der Waals surface area contributed by atoms with Gasteiger partial charge in [-0.1, -0.05) is 58.7 Å². The molecule has 12 aromatic carbocycles. The number of carbonyl (C=O) groups is 2. The van der Waals surface area contributed by atoms with E-state index in [-0.39, 0.29) is 74.4 Å². The Bertz CT molecular complexity index is 5420. The van der Waals surface area contributed by atoms with Crippen LogP contribution < -0.4 is 19.5 Å². The van der Waals surface area contributed by atoms with Crippen LogP contribution in [0.1, 0.15) is 279 Å². The first-order valence-electron chi connectivity index (χ1n) is 43.8. The first-order valence-corrected chi connectivity index (χ1v) is 47.9. The zero-order valence-corrected chi connectivity index (χ0v) is 78.1. The van der Waals surface area contributed by atoms with Crippen LogP contribution in [0.15, 0.2) is 242 Å². The van der Waals surface area contributed by atoms with E-state index in [1.165, 1.54) is 128 Å². The molecule has 0 bridgehead atoms. The molecule has 1 aromatic heterocycles. The molecule has 0 saturated heterocycles. The molecule has 0 fully saturated rings. The fraction of sp³-hybridized carbons (Fsp3) is 0.315. The predicted molar refractivity (Wildman–Crippen MR) is 510 cm³/mol. The van der Waals surface area contributed by atoms with Crippen molar-refractivity contribution in [2.24, 2.45) is 7.05 Å². The molecule has 0 radical (unpaired) electrons. The molecule has 0 unspecified atom stereocenters. The Kier molecular flexibility index (Phi) is 29.0. The maximum absolute atomic E-state index is 14.9. The molecule has 13 rings (SSSR count). The Labute approximate surface area is 736 Å². The summed E-state index contributed by atoms with van der Waals surface area (Å²) in [5, 5.41) is 8.99. The Morgan fingerprint density at radius 3 is 1.20 bits per heavy atom. The average Bonchev–Trinajstić information content (AvgIpc) is 0.770. The number of aromatic nitrogens is 3. The summed E-state index contributed by atoms with van der Waals surface area (Å²) >= 11 is -0.328. The minimum absolute atomic E-state index is 0.0759. The molecule has 122 heavy (non-hydrogen) atoms. The zero-order chi connectivity index (χ0) is 86.9. The summed E-state index contributed by atoms with van der Waals surface area (Å²) in [6, 6.07) is 83.5. The summed E-state index contributed by atoms with van der Waals surface area (Å²) < 4.78 is 22.9. The van der Waals surface area contributed by atoms with Crippen molar-refractivity contribution in [3.8, 4) is 78.3 Å². The number of hydrogen-bond acceptors (Lipinski definition) is 8. The Hall–Kier alpha value is -10.7. The molecule has 1 heterocycles. The number of carbonyl (C=O) groups excluding carboxylic acids is 2. The zero-order valence-electron chi connectivity index (χ0n) is 75.6. The number of nitrogens with zero attached hydrogens (tertiary/aromatic N) is 3. The van der Waals surface area contributed by atoms with Crippen LogP contribution in [0.4, 0.5) is 0 Å². The van der Waals surface area contributed by atoms with Crippen LogP contribution in [-0.4, -0.2) is 35.7 Å². The summed E-state index contributed by atoms with van der Waals surface area (Å²) in [6.45, 7) is 48.2. The average molecular weight is 1700 g/mol. The molecule has 9 nitrogen and oxygen atoms in total. The van der Waals surface area contributed by atoms with Crippen LogP contribution in [0.5, 0.6) is 11.5 Å². The number of esters is 2. The van der Waals surface area contributed by atoms with Gasteiger partial charge < -0.3 is 5.32 Å². The minimum atomic E-state index is -0.540. The Morgan fingerprint density at radius 1 is 0.402 bits per heavy atom. The van der Waals surface area contributed by atoms with Crippen molar-refractivity contribution < 1.29 is 28.5 Å². The van der Waals surface area contributed by atoms with Gasteiger partial charge >= 0.3 is 598 Å². The third-order valence-corrected chi connectivity index (χ3v) is 27.4. The monoisotopic (exact) mass is 1700 g/mol. The van der Waals surface area contributed by atoms with Crippen LogP contribution in [0.25, 0.3) is 66.8 Å². The molecule has 0 atom stereocenters. The van der Waals surface area contributed by atoms with Gasteiger partial charge in [0.05, 0.1) is 5.21 Å². The molecule has 0 saturated carbocycles. The van der Waals surface area contributed by atoms with Gasteiger partial charge in [0, 0.05) is 6.54 Å². The van der Waals surface area contributed by atoms with Gasteiger partial charge in [-0.15, -0.1) is 9.36 Å². The Morgan fingerprint density at radius 2 is 0.779 bits per heavy atom. The van der Waals surface area contributed by atoms with E-state index in [0.29, 0.717) is 45.9 Å². The van der Waals surface area contributed by atoms with Crippen molar-refractivity contribution >= 4 is 36.0 Å². The molecular weight excluding hydrogens is 1580 g/mol. The SMILES string of the molecule is Cc1cc(C)cc(CNCc2ccc(COC(=O)c3ccc(OC(=O)c4ccc(OCc5cn(Cc6cc(C)cc(C)c6)n[n+]5C)cc4)c(S[Se]Cc4c(-c5cc(-c6c(C(C)C)cccc6C(C)C)cc(-c6c(C(C)C)cccc6C(C)C)c5)cccc4-c4cc(-c5c(C(C)C)cccc5C(C)C)cc(-c5c(C(C)C)cccc5C(C)C)c4)c3)cc2)c1. The summed E-state index contributed by atoms with van der Waals surface area (Å²) in [5.74, 6) is 1.96. The van der Waals surface area contributed by atoms with Crippen molar-refractivity contribution in [3.05, 3.63) is 348 Å². The molecule has 13 aromatic rings. The van der Waals surface area contributed by atoms with Gasteiger partial charge in [-0.2, -0.15) is 0 Å². The van der Waals surface area contributed by atoms with Crippen LogP contribution in [0.2, 0.25) is 0 Å². The van der Waals surface area contributed by atoms with Crippen LogP contribution >= 0.6 is 10.2 Å². The second-order valence-corrected chi connectivity index (χ2v) is 39.9. The third-order valence-electron chi connectivity index (χ3n) is 23.4. The van der Waals surface area contributed by atoms with Crippen molar-refractivity contribution in [2.75, 3.05) is 0 Å². The molecule has 0 aliphatic heterocycles. The van der Waals surface area contributed by atoms with E-state index in [1.54, 1.807) is 46.6 Å². The molecular formula is C111H123N4O5SSe+. The van der Waals surface area contributed by atoms with Gasteiger partial charge in [0.25, 0.3) is 0 Å². The van der Waals surface area contributed by atoms with E-state index in [1.807, 2.05) is 40.8 Å². The molecule has 628 valence electrons. The molecule has 0 amide bonds. The van der Waals surface area contributed by atoms with Crippen LogP contribution in [0.3, 0.4) is 0 Å². The molecule has 1 N–H and O–H groups in total. The minimum Gasteiger partial charge on any atom is -0.0548 e. The van der Waals surface area contributed by atoms with Gasteiger partial charge in [0.1, 0.15) is 13.6 Å². The number of hydrogen-bond donors (Lipinski definition) is 1. The standard InChI is InChI=1S/C111H123N4O5SSe/c1-67(2)93-27-22-28-94(68(3)4)106(93)87-53-85(54-88(57-87)107-95(69(5)6)29-23-30-96(107)70(7)8)101-35-26-36-102(86-55-89(108-97(71(9)10)31-24-32-98(108)72(11)12)58-90(56-86)109-99(73(13)14)33-25-34-100(109)74(15)16)103(101)66-122-121-105-59-84(110(116)119-64-80-39-37-79(38-40-80)60-112-61-81-49-75(17)47-76(18)50-81)43-46-104(105)120-111(117)83-41-44-92(45-42-83)118-65-91-63-115(113-114(91)21)62-82-51-77(19)48-78(20)52-82/h22-59,63,67-74,112H,60-62,64-66H2,1-21H3/q+1. The number of aryl methyl sites for hydroxylation is 5. The first-order chi connectivity index (χ1) is 58.4. The van der Waals surface area contributed by atoms with Gasteiger partial charge in [-0.05, 0) is 38.8 Å². The van der Waals surface area contributed by atoms with E-state index in [0.717, 1.165) is 45.6 Å². The van der Waals surface area contributed by atoms with Crippen molar-refractivity contribution in [1.29, 1.82) is 0 Å². The van der Waals surface area contributed by atoms with Gasteiger partial charge in [-0.25, -0.2) is 0 Å². The number of nitrogens with one attached hydrogen (secondary N) is 1. The topological polar surface area (TPSA) is 95.6 Å². The van der Waals surface area contributed by atoms with Crippen molar-refractivity contribution in [2.45, 2.75) is 229 Å². The second-order valence-electron chi connectivity index (χ2n) is 35.9. The van der Waals surface area contributed by atoms with Gasteiger partial charge in [0.2, 0.25) is 0 Å². The van der Waals surface area contributed by atoms with Gasteiger partial charge in [0.15, 0.2) is 6.20 Å². The van der Waals surface area contributed by atoms with E-state index in [2.05, 4.69) is 320 Å². The van der Waals surface area contributed by atoms with Crippen molar-refractivity contribution in [3.63, 3.8) is 0 Å². The normalized spacial score (nSPS) is 11.8. The van der Waals surface area contributed by atoms with Gasteiger partial charge in [-0.3, -0.25) is 0 Å². The number of ether oxygens (including phenoxy) is 3. The predicted octanol–water partition coefficient (Wildman–Crippen LogP) is 28.3. The number of rotatable bonds is 32. The summed E-state index contributed by atoms with van der Waals surface area (Å²) in [4.78, 5) is 30.2. The summed E-state index contributed by atoms with van der Waals surface area (Å²) in [6.07, 6.45) is 2.01. The van der Waals surface area contributed by atoms with Crippen molar-refractivity contribution in [1.82, 2.24) is 15.2 Å². The smallest absolute Gasteiger partial charge is 0.0548 e. The largest absolute Gasteiger partial charge is 0.0548 e. The van der Waals surface area contributed by atoms with E-state index in [9.17, 15) is 9.59 Å². The van der Waals surface area contributed by atoms with E-state index in [4.69, 9.17) is 19.4 Å². The molecule has 0 aliphatic rings. The third kappa shape index (κ3) is 21.2. The van der Waals surface area contributed by atoms with Crippen LogP contribution in [0, 0.1) is 27.7 Å². The van der Waals surface area contributed by atoms with E-state index >= 15 is 0 Å². The maximum Gasteiger partial charge on any atom is -0.0548 e. The maximum atomic E-state index is 14.9. The van der Waals surface area contributed by atoms with E-state index < -0.39 is 11.9 Å². The fourth-order valence-electron chi connectivity index (χ4n) is 17.5. The molecule has 0 aliphatic carbocycles.